The van der Waals surface area contributed by atoms with Crippen molar-refractivity contribution in [1.29, 1.82) is 0 Å². The smallest absolute Gasteiger partial charge is 0.195 e. The van der Waals surface area contributed by atoms with Gasteiger partial charge in [0.2, 0.25) is 0 Å². The van der Waals surface area contributed by atoms with Gasteiger partial charge in [0.05, 0.1) is 0 Å². The van der Waals surface area contributed by atoms with Crippen LogP contribution in [0.2, 0.25) is 17.6 Å². The molecule has 2 nitrogen and oxygen atoms in total. The van der Waals surface area contributed by atoms with E-state index in [-0.39, 0.29) is 6.61 Å². The second-order valence-corrected chi connectivity index (χ2v) is 11.2. The molecule has 1 N–H and O–H groups in total. The van der Waals surface area contributed by atoms with E-state index >= 15 is 0 Å². The van der Waals surface area contributed by atoms with E-state index in [4.69, 9.17) is 9.53 Å². The second kappa shape index (κ2) is 9.11. The zero-order chi connectivity index (χ0) is 14.2. The third-order valence-electron chi connectivity index (χ3n) is 4.28. The Morgan fingerprint density at radius 1 is 1.00 bits per heavy atom. The van der Waals surface area contributed by atoms with Crippen molar-refractivity contribution >= 4 is 8.32 Å². The van der Waals surface area contributed by atoms with Gasteiger partial charge >= 0.3 is 0 Å². The number of hydrogen-bond donors (Lipinski definition) is 1. The molecule has 0 radical (unpaired) electrons. The predicted octanol–water partition coefficient (Wildman–Crippen LogP) is 4.73. The number of aliphatic hydroxyl groups is 1. The minimum Gasteiger partial charge on any atom is -0.414 e. The Hall–Kier alpha value is 0.137. The topological polar surface area (TPSA) is 29.5 Å². The number of unbranched alkanes of at least 4 members (excludes halogenated alkanes) is 1. The van der Waals surface area contributed by atoms with Crippen molar-refractivity contribution in [3.8, 4) is 0 Å². The van der Waals surface area contributed by atoms with Gasteiger partial charge in [-0.15, -0.1) is 0 Å². The molecule has 110 valence electrons. The van der Waals surface area contributed by atoms with E-state index in [1.165, 1.54) is 12.8 Å². The van der Waals surface area contributed by atoms with Crippen LogP contribution in [0.3, 0.4) is 0 Å². The van der Waals surface area contributed by atoms with E-state index in [2.05, 4.69) is 41.2 Å². The molecular formula is C15H34O2Si. The highest BCUT2D eigenvalue weighted by atomic mass is 28.4. The lowest BCUT2D eigenvalue weighted by Crippen LogP contribution is -2.44. The molecule has 0 saturated carbocycles. The highest BCUT2D eigenvalue weighted by molar-refractivity contribution is 6.75. The Bertz CT molecular complexity index is 189. The molecule has 0 bridgehead atoms. The maximum absolute atomic E-state index is 9.01. The fourth-order valence-corrected chi connectivity index (χ4v) is 5.14. The summed E-state index contributed by atoms with van der Waals surface area (Å²) < 4.78 is 6.59. The summed E-state index contributed by atoms with van der Waals surface area (Å²) >= 11 is 0. The fraction of sp³-hybridized carbons (Fsp3) is 1.00. The molecule has 0 aromatic carbocycles. The summed E-state index contributed by atoms with van der Waals surface area (Å²) in [6, 6.07) is 0. The standard InChI is InChI=1S/C15H34O2Si/c1-7-8-10-15(11-9-12-16)17-18(6,13(2)3)14(4)5/h13-16H,7-12H2,1-6H3. The summed E-state index contributed by atoms with van der Waals surface area (Å²) in [4.78, 5) is 0. The fourth-order valence-electron chi connectivity index (χ4n) is 2.31. The molecule has 0 aliphatic heterocycles. The van der Waals surface area contributed by atoms with Crippen LogP contribution in [-0.2, 0) is 4.43 Å². The van der Waals surface area contributed by atoms with E-state index in [9.17, 15) is 0 Å². The van der Waals surface area contributed by atoms with Crippen molar-refractivity contribution in [3.05, 3.63) is 0 Å². The number of aliphatic hydroxyl groups excluding tert-OH is 1. The van der Waals surface area contributed by atoms with Crippen LogP contribution in [-0.4, -0.2) is 26.1 Å². The number of hydrogen-bond acceptors (Lipinski definition) is 2. The molecule has 0 spiro atoms. The van der Waals surface area contributed by atoms with E-state index in [0.717, 1.165) is 19.3 Å². The van der Waals surface area contributed by atoms with Gasteiger partial charge in [0.15, 0.2) is 8.32 Å². The Kier molecular flexibility index (Phi) is 9.18. The lowest BCUT2D eigenvalue weighted by atomic mass is 10.1. The monoisotopic (exact) mass is 274 g/mol. The second-order valence-electron chi connectivity index (χ2n) is 6.24. The first kappa shape index (κ1) is 18.1. The molecule has 18 heavy (non-hydrogen) atoms. The first-order valence-electron chi connectivity index (χ1n) is 7.67. The van der Waals surface area contributed by atoms with Crippen LogP contribution in [0.25, 0.3) is 0 Å². The van der Waals surface area contributed by atoms with E-state index in [0.29, 0.717) is 17.2 Å². The minimum absolute atomic E-state index is 0.285. The van der Waals surface area contributed by atoms with Gasteiger partial charge in [-0.2, -0.15) is 0 Å². The molecule has 0 fully saturated rings. The van der Waals surface area contributed by atoms with Crippen LogP contribution in [0, 0.1) is 0 Å². The third-order valence-corrected chi connectivity index (χ3v) is 9.70. The molecule has 0 aliphatic rings. The summed E-state index contributed by atoms with van der Waals surface area (Å²) in [6.45, 7) is 14.1. The average molecular weight is 275 g/mol. The van der Waals surface area contributed by atoms with Crippen molar-refractivity contribution in [2.75, 3.05) is 6.61 Å². The lowest BCUT2D eigenvalue weighted by molar-refractivity contribution is 0.145. The first-order chi connectivity index (χ1) is 8.38. The summed E-state index contributed by atoms with van der Waals surface area (Å²) in [5, 5.41) is 9.01. The molecule has 0 aromatic heterocycles. The van der Waals surface area contributed by atoms with Crippen LogP contribution < -0.4 is 0 Å². The normalized spacial score (nSPS) is 14.5. The maximum atomic E-state index is 9.01. The van der Waals surface area contributed by atoms with E-state index in [1.54, 1.807) is 0 Å². The van der Waals surface area contributed by atoms with Crippen molar-refractivity contribution < 1.29 is 9.53 Å². The SMILES string of the molecule is CCCCC(CCCO)O[Si](C)(C(C)C)C(C)C. The van der Waals surface area contributed by atoms with Crippen LogP contribution >= 0.6 is 0 Å². The van der Waals surface area contributed by atoms with Gasteiger partial charge in [0, 0.05) is 12.7 Å². The Balaban J connectivity index is 4.58. The van der Waals surface area contributed by atoms with Gasteiger partial charge in [-0.3, -0.25) is 0 Å². The molecule has 0 saturated heterocycles. The quantitative estimate of drug-likeness (QED) is 0.584. The molecule has 0 aromatic rings. The van der Waals surface area contributed by atoms with Gasteiger partial charge < -0.3 is 9.53 Å². The summed E-state index contributed by atoms with van der Waals surface area (Å²) in [5.41, 5.74) is 1.30. The highest BCUT2D eigenvalue weighted by Gasteiger charge is 2.38. The molecular weight excluding hydrogens is 240 g/mol. The number of rotatable bonds is 10. The van der Waals surface area contributed by atoms with Gasteiger partial charge in [-0.25, -0.2) is 0 Å². The largest absolute Gasteiger partial charge is 0.414 e. The minimum atomic E-state index is -1.65. The zero-order valence-corrected chi connectivity index (χ0v) is 14.3. The maximum Gasteiger partial charge on any atom is 0.195 e. The molecule has 1 unspecified atom stereocenters. The van der Waals surface area contributed by atoms with Gasteiger partial charge in [-0.1, -0.05) is 47.5 Å². The van der Waals surface area contributed by atoms with Crippen LogP contribution in [0.4, 0.5) is 0 Å². The molecule has 0 aliphatic carbocycles. The van der Waals surface area contributed by atoms with Crippen molar-refractivity contribution in [3.63, 3.8) is 0 Å². The molecule has 3 heteroatoms. The third kappa shape index (κ3) is 5.85. The first-order valence-corrected chi connectivity index (χ1v) is 10.2. The zero-order valence-electron chi connectivity index (χ0n) is 13.3. The van der Waals surface area contributed by atoms with Crippen molar-refractivity contribution in [2.24, 2.45) is 0 Å². The molecule has 0 amide bonds. The van der Waals surface area contributed by atoms with Gasteiger partial charge in [0.25, 0.3) is 0 Å². The van der Waals surface area contributed by atoms with Crippen LogP contribution in [0.1, 0.15) is 66.7 Å². The Labute approximate surface area is 115 Å². The van der Waals surface area contributed by atoms with Crippen LogP contribution in [0.15, 0.2) is 0 Å². The van der Waals surface area contributed by atoms with E-state index < -0.39 is 8.32 Å². The van der Waals surface area contributed by atoms with Crippen molar-refractivity contribution in [1.82, 2.24) is 0 Å². The van der Waals surface area contributed by atoms with Gasteiger partial charge in [-0.05, 0) is 36.9 Å². The summed E-state index contributed by atoms with van der Waals surface area (Å²) in [6.07, 6.45) is 5.85. The summed E-state index contributed by atoms with van der Waals surface area (Å²) in [5.74, 6) is 0. The van der Waals surface area contributed by atoms with Crippen molar-refractivity contribution in [2.45, 2.75) is 90.5 Å². The molecule has 1 atom stereocenters. The average Bonchev–Trinajstić information content (AvgIpc) is 2.31. The Morgan fingerprint density at radius 2 is 1.50 bits per heavy atom. The van der Waals surface area contributed by atoms with E-state index in [1.807, 2.05) is 0 Å². The predicted molar refractivity (Wildman–Crippen MR) is 82.5 cm³/mol. The van der Waals surface area contributed by atoms with Crippen LogP contribution in [0.5, 0.6) is 0 Å². The molecule has 0 rings (SSSR count). The molecule has 0 heterocycles. The summed E-state index contributed by atoms with van der Waals surface area (Å²) in [7, 11) is -1.65. The van der Waals surface area contributed by atoms with Gasteiger partial charge in [0.1, 0.15) is 0 Å². The lowest BCUT2D eigenvalue weighted by Gasteiger charge is -2.39. The Morgan fingerprint density at radius 3 is 1.89 bits per heavy atom. The highest BCUT2D eigenvalue weighted by Crippen LogP contribution is 2.35.